The van der Waals surface area contributed by atoms with Crippen molar-refractivity contribution in [1.29, 1.82) is 0 Å². The summed E-state index contributed by atoms with van der Waals surface area (Å²) in [5.41, 5.74) is -1.54. The highest BCUT2D eigenvalue weighted by molar-refractivity contribution is 5.99. The summed E-state index contributed by atoms with van der Waals surface area (Å²) in [7, 11) is 0. The average molecular weight is 228 g/mol. The molecule has 0 amide bonds. The third kappa shape index (κ3) is 3.59. The smallest absolute Gasteiger partial charge is 0.346 e. The van der Waals surface area contributed by atoms with Gasteiger partial charge in [-0.15, -0.1) is 0 Å². The van der Waals surface area contributed by atoms with Crippen LogP contribution in [0.5, 0.6) is 0 Å². The average Bonchev–Trinajstić information content (AvgIpc) is 2.47. The summed E-state index contributed by atoms with van der Waals surface area (Å²) in [6.07, 6.45) is 6.65. The molecule has 0 radical (unpaired) electrons. The Morgan fingerprint density at radius 2 is 1.81 bits per heavy atom. The maximum atomic E-state index is 11.2. The second kappa shape index (κ2) is 5.99. The fourth-order valence-electron chi connectivity index (χ4n) is 1.93. The minimum Gasteiger partial charge on any atom is -0.391 e. The predicted octanol–water partition coefficient (Wildman–Crippen LogP) is 1.94. The molecule has 0 aromatic rings. The molecule has 0 bridgehead atoms. The van der Waals surface area contributed by atoms with E-state index in [0.717, 1.165) is 19.3 Å². The first-order valence-electron chi connectivity index (χ1n) is 6.06. The van der Waals surface area contributed by atoms with Crippen LogP contribution in [0.4, 0.5) is 0 Å². The highest BCUT2D eigenvalue weighted by atomic mass is 16.6. The van der Waals surface area contributed by atoms with Crippen molar-refractivity contribution in [1.82, 2.24) is 0 Å². The summed E-state index contributed by atoms with van der Waals surface area (Å²) < 4.78 is 4.34. The van der Waals surface area contributed by atoms with Crippen molar-refractivity contribution in [2.45, 2.75) is 63.9 Å². The van der Waals surface area contributed by atoms with E-state index >= 15 is 0 Å². The lowest BCUT2D eigenvalue weighted by Crippen LogP contribution is -2.33. The van der Waals surface area contributed by atoms with E-state index in [2.05, 4.69) is 11.7 Å². The molecular formula is C12H20O4. The molecule has 1 rings (SSSR count). The number of carbonyl (C=O) groups excluding carboxylic acids is 2. The third-order valence-electron chi connectivity index (χ3n) is 2.97. The summed E-state index contributed by atoms with van der Waals surface area (Å²) in [5.74, 6) is -1.38. The molecule has 1 heterocycles. The van der Waals surface area contributed by atoms with Gasteiger partial charge in [-0.25, -0.2) is 4.79 Å². The first-order valence-corrected chi connectivity index (χ1v) is 6.06. The Morgan fingerprint density at radius 1 is 1.19 bits per heavy atom. The number of esters is 2. The fourth-order valence-corrected chi connectivity index (χ4v) is 1.93. The molecule has 92 valence electrons. The number of hydrogen-bond acceptors (Lipinski definition) is 4. The molecule has 16 heavy (non-hydrogen) atoms. The summed E-state index contributed by atoms with van der Waals surface area (Å²) in [4.78, 5) is 22.0. The molecule has 0 aromatic carbocycles. The minimum atomic E-state index is -1.54. The Balaban J connectivity index is 2.17. The van der Waals surface area contributed by atoms with Gasteiger partial charge in [-0.1, -0.05) is 39.0 Å². The van der Waals surface area contributed by atoms with E-state index in [9.17, 15) is 14.7 Å². The van der Waals surface area contributed by atoms with E-state index in [1.165, 1.54) is 19.3 Å². The highest BCUT2D eigenvalue weighted by Gasteiger charge is 2.46. The van der Waals surface area contributed by atoms with Crippen LogP contribution in [0.15, 0.2) is 0 Å². The monoisotopic (exact) mass is 228 g/mol. The lowest BCUT2D eigenvalue weighted by molar-refractivity contribution is -0.159. The zero-order valence-electron chi connectivity index (χ0n) is 9.83. The van der Waals surface area contributed by atoms with Crippen LogP contribution in [-0.4, -0.2) is 22.6 Å². The zero-order chi connectivity index (χ0) is 12.0. The highest BCUT2D eigenvalue weighted by Crippen LogP contribution is 2.27. The molecule has 1 unspecified atom stereocenters. The Hall–Kier alpha value is -0.900. The van der Waals surface area contributed by atoms with Crippen molar-refractivity contribution in [2.24, 2.45) is 0 Å². The van der Waals surface area contributed by atoms with Crippen molar-refractivity contribution in [2.75, 3.05) is 0 Å². The molecule has 4 heteroatoms. The second-order valence-electron chi connectivity index (χ2n) is 4.49. The Morgan fingerprint density at radius 3 is 2.38 bits per heavy atom. The number of hydrogen-bond donors (Lipinski definition) is 1. The van der Waals surface area contributed by atoms with E-state index in [1.54, 1.807) is 0 Å². The van der Waals surface area contributed by atoms with Crippen LogP contribution >= 0.6 is 0 Å². The zero-order valence-corrected chi connectivity index (χ0v) is 9.83. The number of cyclic esters (lactones) is 2. The number of ether oxygens (including phenoxy) is 1. The molecule has 0 aromatic heterocycles. The lowest BCUT2D eigenvalue weighted by atomic mass is 9.94. The molecule has 1 aliphatic heterocycles. The van der Waals surface area contributed by atoms with Gasteiger partial charge in [0.15, 0.2) is 5.60 Å². The molecule has 1 N–H and O–H groups in total. The number of aliphatic hydroxyl groups is 1. The van der Waals surface area contributed by atoms with Crippen molar-refractivity contribution >= 4 is 11.9 Å². The summed E-state index contributed by atoms with van der Waals surface area (Å²) >= 11 is 0. The van der Waals surface area contributed by atoms with Crippen LogP contribution < -0.4 is 0 Å². The van der Waals surface area contributed by atoms with Crippen molar-refractivity contribution in [3.63, 3.8) is 0 Å². The standard InChI is InChI=1S/C12H20O4/c1-2-3-4-5-6-7-8-12(15)9-10(13)16-11(12)14/h15H,2-9H2,1H3. The van der Waals surface area contributed by atoms with Gasteiger partial charge < -0.3 is 9.84 Å². The molecule has 1 atom stereocenters. The van der Waals surface area contributed by atoms with Crippen LogP contribution in [0.25, 0.3) is 0 Å². The number of unbranched alkanes of at least 4 members (excludes halogenated alkanes) is 5. The van der Waals surface area contributed by atoms with E-state index in [1.807, 2.05) is 0 Å². The van der Waals surface area contributed by atoms with Gasteiger partial charge >= 0.3 is 11.9 Å². The Labute approximate surface area is 96.0 Å². The van der Waals surface area contributed by atoms with E-state index < -0.39 is 17.5 Å². The van der Waals surface area contributed by atoms with E-state index in [0.29, 0.717) is 6.42 Å². The normalized spacial score (nSPS) is 24.9. The lowest BCUT2D eigenvalue weighted by Gasteiger charge is -2.15. The van der Waals surface area contributed by atoms with Crippen molar-refractivity contribution in [3.05, 3.63) is 0 Å². The van der Waals surface area contributed by atoms with Crippen LogP contribution in [-0.2, 0) is 14.3 Å². The van der Waals surface area contributed by atoms with Crippen LogP contribution in [0.3, 0.4) is 0 Å². The summed E-state index contributed by atoms with van der Waals surface area (Å²) in [6, 6.07) is 0. The molecule has 0 saturated carbocycles. The topological polar surface area (TPSA) is 63.6 Å². The summed E-state index contributed by atoms with van der Waals surface area (Å²) in [6.45, 7) is 2.16. The van der Waals surface area contributed by atoms with Gasteiger partial charge in [0.05, 0.1) is 6.42 Å². The molecule has 0 aliphatic carbocycles. The third-order valence-corrected chi connectivity index (χ3v) is 2.97. The van der Waals surface area contributed by atoms with Gasteiger partial charge in [0.25, 0.3) is 0 Å². The second-order valence-corrected chi connectivity index (χ2v) is 4.49. The number of carbonyl (C=O) groups is 2. The van der Waals surface area contributed by atoms with Crippen LogP contribution in [0.1, 0.15) is 58.3 Å². The van der Waals surface area contributed by atoms with Gasteiger partial charge in [-0.3, -0.25) is 4.79 Å². The van der Waals surface area contributed by atoms with Crippen LogP contribution in [0, 0.1) is 0 Å². The van der Waals surface area contributed by atoms with Crippen molar-refractivity contribution < 1.29 is 19.4 Å². The molecule has 1 aliphatic rings. The van der Waals surface area contributed by atoms with Crippen LogP contribution in [0.2, 0.25) is 0 Å². The maximum absolute atomic E-state index is 11.2. The van der Waals surface area contributed by atoms with Gasteiger partial charge in [-0.05, 0) is 12.8 Å². The minimum absolute atomic E-state index is 0.180. The SMILES string of the molecule is CCCCCCCCC1(O)CC(=O)OC1=O. The fraction of sp³-hybridized carbons (Fsp3) is 0.833. The molecular weight excluding hydrogens is 208 g/mol. The first-order chi connectivity index (χ1) is 7.58. The predicted molar refractivity (Wildman–Crippen MR) is 58.7 cm³/mol. The Bertz CT molecular complexity index is 262. The van der Waals surface area contributed by atoms with Crippen molar-refractivity contribution in [3.8, 4) is 0 Å². The molecule has 1 saturated heterocycles. The van der Waals surface area contributed by atoms with E-state index in [4.69, 9.17) is 0 Å². The quantitative estimate of drug-likeness (QED) is 0.411. The van der Waals surface area contributed by atoms with Gasteiger partial charge in [-0.2, -0.15) is 0 Å². The maximum Gasteiger partial charge on any atom is 0.346 e. The molecule has 4 nitrogen and oxygen atoms in total. The first kappa shape index (κ1) is 13.2. The largest absolute Gasteiger partial charge is 0.391 e. The number of rotatable bonds is 7. The van der Waals surface area contributed by atoms with Gasteiger partial charge in [0.1, 0.15) is 0 Å². The summed E-state index contributed by atoms with van der Waals surface area (Å²) in [5, 5.41) is 9.84. The van der Waals surface area contributed by atoms with E-state index in [-0.39, 0.29) is 6.42 Å². The molecule has 1 fully saturated rings. The Kier molecular flexibility index (Phi) is 4.93. The van der Waals surface area contributed by atoms with Gasteiger partial charge in [0.2, 0.25) is 0 Å². The van der Waals surface area contributed by atoms with Gasteiger partial charge in [0, 0.05) is 0 Å². The molecule has 0 spiro atoms.